The molecule has 1 amide bonds. The molecule has 0 spiro atoms. The SMILES string of the molecule is Cc1nnc2sc(-c3ccc(NC(=S)NC(=O)Cc4ccccc4)cc3)nn12. The van der Waals surface area contributed by atoms with Crippen LogP contribution in [0.4, 0.5) is 5.69 Å². The van der Waals surface area contributed by atoms with Crippen LogP contribution in [0.3, 0.4) is 0 Å². The van der Waals surface area contributed by atoms with E-state index in [1.165, 1.54) is 11.3 Å². The second kappa shape index (κ2) is 7.83. The second-order valence-electron chi connectivity index (χ2n) is 6.09. The molecule has 2 aromatic heterocycles. The van der Waals surface area contributed by atoms with E-state index >= 15 is 0 Å². The van der Waals surface area contributed by atoms with Crippen LogP contribution in [-0.2, 0) is 11.2 Å². The van der Waals surface area contributed by atoms with Crippen LogP contribution < -0.4 is 10.6 Å². The zero-order valence-corrected chi connectivity index (χ0v) is 16.5. The number of fused-ring (bicyclic) bond motifs is 1. The van der Waals surface area contributed by atoms with E-state index < -0.39 is 0 Å². The number of rotatable bonds is 4. The monoisotopic (exact) mass is 408 g/mol. The van der Waals surface area contributed by atoms with Crippen molar-refractivity contribution >= 4 is 45.2 Å². The Morgan fingerprint density at radius 2 is 1.86 bits per heavy atom. The van der Waals surface area contributed by atoms with E-state index in [-0.39, 0.29) is 17.4 Å². The molecule has 4 rings (SSSR count). The Morgan fingerprint density at radius 3 is 2.57 bits per heavy atom. The number of carbonyl (C=O) groups is 1. The number of nitrogens with one attached hydrogen (secondary N) is 2. The Balaban J connectivity index is 1.37. The molecule has 0 saturated carbocycles. The molecule has 2 N–H and O–H groups in total. The van der Waals surface area contributed by atoms with Crippen molar-refractivity contribution in [2.24, 2.45) is 0 Å². The summed E-state index contributed by atoms with van der Waals surface area (Å²) in [4.78, 5) is 12.8. The molecule has 0 bridgehead atoms. The first-order valence-electron chi connectivity index (χ1n) is 8.52. The summed E-state index contributed by atoms with van der Waals surface area (Å²) < 4.78 is 1.73. The molecule has 0 saturated heterocycles. The Morgan fingerprint density at radius 1 is 1.11 bits per heavy atom. The average molecular weight is 409 g/mol. The number of hydrogen-bond donors (Lipinski definition) is 2. The molecule has 0 unspecified atom stereocenters. The van der Waals surface area contributed by atoms with E-state index in [1.807, 2.05) is 61.5 Å². The normalized spacial score (nSPS) is 10.8. The number of amides is 1. The summed E-state index contributed by atoms with van der Waals surface area (Å²) in [5.74, 6) is 0.600. The maximum Gasteiger partial charge on any atom is 0.234 e. The van der Waals surface area contributed by atoms with Gasteiger partial charge in [-0.2, -0.15) is 9.61 Å². The maximum absolute atomic E-state index is 12.1. The van der Waals surface area contributed by atoms with Crippen LogP contribution in [0.25, 0.3) is 15.5 Å². The van der Waals surface area contributed by atoms with Crippen molar-refractivity contribution in [1.29, 1.82) is 0 Å². The molecular weight excluding hydrogens is 392 g/mol. The van der Waals surface area contributed by atoms with Crippen LogP contribution in [0, 0.1) is 6.92 Å². The van der Waals surface area contributed by atoms with Gasteiger partial charge in [-0.05, 0) is 49.0 Å². The van der Waals surface area contributed by atoms with Gasteiger partial charge in [-0.15, -0.1) is 10.2 Å². The number of hydrogen-bond acceptors (Lipinski definition) is 6. The third kappa shape index (κ3) is 4.05. The van der Waals surface area contributed by atoms with Crippen molar-refractivity contribution in [3.8, 4) is 10.6 Å². The van der Waals surface area contributed by atoms with Gasteiger partial charge in [0, 0.05) is 11.3 Å². The summed E-state index contributed by atoms with van der Waals surface area (Å²) in [6, 6.07) is 17.2. The summed E-state index contributed by atoms with van der Waals surface area (Å²) in [6.07, 6.45) is 0.280. The van der Waals surface area contributed by atoms with Crippen LogP contribution in [0.5, 0.6) is 0 Å². The minimum Gasteiger partial charge on any atom is -0.332 e. The summed E-state index contributed by atoms with van der Waals surface area (Å²) >= 11 is 6.70. The van der Waals surface area contributed by atoms with Gasteiger partial charge in [-0.3, -0.25) is 4.79 Å². The van der Waals surface area contributed by atoms with Gasteiger partial charge in [0.25, 0.3) is 0 Å². The van der Waals surface area contributed by atoms with Crippen LogP contribution in [0.1, 0.15) is 11.4 Å². The standard InChI is InChI=1S/C19H16N6OS2/c1-12-22-23-19-25(12)24-17(28-19)14-7-9-15(10-8-14)20-18(27)21-16(26)11-13-5-3-2-4-6-13/h2-10H,11H2,1H3,(H2,20,21,26,27). The highest BCUT2D eigenvalue weighted by Gasteiger charge is 2.11. The number of nitrogens with zero attached hydrogens (tertiary/aromatic N) is 4. The topological polar surface area (TPSA) is 84.2 Å². The van der Waals surface area contributed by atoms with E-state index in [9.17, 15) is 4.79 Å². The first-order valence-corrected chi connectivity index (χ1v) is 9.75. The molecule has 0 atom stereocenters. The molecule has 0 radical (unpaired) electrons. The predicted molar refractivity (Wildman–Crippen MR) is 113 cm³/mol. The fourth-order valence-electron chi connectivity index (χ4n) is 2.64. The lowest BCUT2D eigenvalue weighted by molar-refractivity contribution is -0.119. The van der Waals surface area contributed by atoms with Crippen molar-refractivity contribution in [3.63, 3.8) is 0 Å². The lowest BCUT2D eigenvalue weighted by atomic mass is 10.1. The molecule has 0 aliphatic carbocycles. The quantitative estimate of drug-likeness (QED) is 0.505. The van der Waals surface area contributed by atoms with Crippen LogP contribution in [0.2, 0.25) is 0 Å². The van der Waals surface area contributed by atoms with Gasteiger partial charge in [0.1, 0.15) is 5.01 Å². The van der Waals surface area contributed by atoms with Crippen molar-refractivity contribution in [3.05, 3.63) is 66.0 Å². The van der Waals surface area contributed by atoms with Crippen LogP contribution in [0.15, 0.2) is 54.6 Å². The van der Waals surface area contributed by atoms with Gasteiger partial charge >= 0.3 is 0 Å². The molecule has 7 nitrogen and oxygen atoms in total. The van der Waals surface area contributed by atoms with Crippen molar-refractivity contribution < 1.29 is 4.79 Å². The van der Waals surface area contributed by atoms with Crippen molar-refractivity contribution in [2.75, 3.05) is 5.32 Å². The van der Waals surface area contributed by atoms with E-state index in [1.54, 1.807) is 4.52 Å². The Hall–Kier alpha value is -3.17. The highest BCUT2D eigenvalue weighted by molar-refractivity contribution is 7.80. The number of benzene rings is 2. The highest BCUT2D eigenvalue weighted by Crippen LogP contribution is 2.26. The van der Waals surface area contributed by atoms with Gasteiger partial charge in [0.2, 0.25) is 10.9 Å². The fourth-order valence-corrected chi connectivity index (χ4v) is 3.76. The zero-order chi connectivity index (χ0) is 19.5. The fraction of sp³-hybridized carbons (Fsp3) is 0.105. The number of thiocarbonyl (C=S) groups is 1. The molecule has 9 heteroatoms. The van der Waals surface area contributed by atoms with Gasteiger partial charge in [0.15, 0.2) is 10.9 Å². The molecular formula is C19H16N6OS2. The van der Waals surface area contributed by atoms with Crippen molar-refractivity contribution in [2.45, 2.75) is 13.3 Å². The molecule has 28 heavy (non-hydrogen) atoms. The van der Waals surface area contributed by atoms with Crippen LogP contribution in [-0.4, -0.2) is 30.8 Å². The van der Waals surface area contributed by atoms with E-state index in [0.717, 1.165) is 32.6 Å². The molecule has 0 aliphatic heterocycles. The first-order chi connectivity index (χ1) is 13.6. The zero-order valence-electron chi connectivity index (χ0n) is 14.9. The summed E-state index contributed by atoms with van der Waals surface area (Å²) in [6.45, 7) is 1.86. The third-order valence-electron chi connectivity index (χ3n) is 4.00. The van der Waals surface area contributed by atoms with E-state index in [0.29, 0.717) is 0 Å². The lowest BCUT2D eigenvalue weighted by Crippen LogP contribution is -2.35. The maximum atomic E-state index is 12.1. The molecule has 4 aromatic rings. The minimum absolute atomic E-state index is 0.157. The number of aromatic nitrogens is 4. The summed E-state index contributed by atoms with van der Waals surface area (Å²) in [7, 11) is 0. The number of carbonyl (C=O) groups excluding carboxylic acids is 1. The summed E-state index contributed by atoms with van der Waals surface area (Å²) in [5, 5.41) is 19.4. The van der Waals surface area contributed by atoms with Crippen molar-refractivity contribution in [1.82, 2.24) is 25.1 Å². The molecule has 2 aromatic carbocycles. The molecule has 0 aliphatic rings. The average Bonchev–Trinajstić information content (AvgIpc) is 3.25. The molecule has 140 valence electrons. The van der Waals surface area contributed by atoms with Gasteiger partial charge in [-0.25, -0.2) is 0 Å². The van der Waals surface area contributed by atoms with Crippen LogP contribution >= 0.6 is 23.6 Å². The number of anilines is 1. The largest absolute Gasteiger partial charge is 0.332 e. The van der Waals surface area contributed by atoms with Gasteiger partial charge in [0.05, 0.1) is 6.42 Å². The summed E-state index contributed by atoms with van der Waals surface area (Å²) in [5.41, 5.74) is 2.69. The lowest BCUT2D eigenvalue weighted by Gasteiger charge is -2.10. The predicted octanol–water partition coefficient (Wildman–Crippen LogP) is 3.22. The highest BCUT2D eigenvalue weighted by atomic mass is 32.1. The molecule has 2 heterocycles. The van der Waals surface area contributed by atoms with Gasteiger partial charge in [-0.1, -0.05) is 41.7 Å². The second-order valence-corrected chi connectivity index (χ2v) is 7.46. The van der Waals surface area contributed by atoms with Gasteiger partial charge < -0.3 is 10.6 Å². The molecule has 0 fully saturated rings. The minimum atomic E-state index is -0.157. The van der Waals surface area contributed by atoms with E-state index in [2.05, 4.69) is 25.9 Å². The third-order valence-corrected chi connectivity index (χ3v) is 5.15. The smallest absolute Gasteiger partial charge is 0.234 e. The Kier molecular flexibility index (Phi) is 5.09. The van der Waals surface area contributed by atoms with E-state index in [4.69, 9.17) is 12.2 Å². The number of aryl methyl sites for hydroxylation is 1. The Labute approximate surface area is 170 Å². The first kappa shape index (κ1) is 18.2. The Bertz CT molecular complexity index is 1130.